The van der Waals surface area contributed by atoms with Crippen LogP contribution in [0.3, 0.4) is 0 Å². The Morgan fingerprint density at radius 3 is 3.05 bits per heavy atom. The number of aryl methyl sites for hydroxylation is 1. The number of carbonyl (C=O) groups excluding carboxylic acids is 1. The molecule has 0 bridgehead atoms. The summed E-state index contributed by atoms with van der Waals surface area (Å²) in [6.45, 7) is 2.04. The van der Waals surface area contributed by atoms with E-state index < -0.39 is 4.92 Å². The predicted octanol–water partition coefficient (Wildman–Crippen LogP) is 2.40. The van der Waals surface area contributed by atoms with Crippen LogP contribution in [0.2, 0.25) is 0 Å². The molecule has 2 aromatic rings. The molecule has 0 aliphatic heterocycles. The number of nitrogens with one attached hydrogen (secondary N) is 2. The molecule has 22 heavy (non-hydrogen) atoms. The molecule has 2 N–H and O–H groups in total. The number of benzene rings is 1. The number of anilines is 1. The van der Waals surface area contributed by atoms with E-state index in [0.29, 0.717) is 10.8 Å². The fraction of sp³-hybridized carbons (Fsp3) is 0.308. The lowest BCUT2D eigenvalue weighted by Crippen LogP contribution is -2.14. The van der Waals surface area contributed by atoms with Crippen LogP contribution in [0.4, 0.5) is 11.4 Å². The number of rotatable bonds is 7. The Bertz CT molecular complexity index is 673. The lowest BCUT2D eigenvalue weighted by Gasteiger charge is -2.03. The Morgan fingerprint density at radius 1 is 1.50 bits per heavy atom. The lowest BCUT2D eigenvalue weighted by atomic mass is 10.3. The van der Waals surface area contributed by atoms with E-state index in [2.05, 4.69) is 20.5 Å². The first-order chi connectivity index (χ1) is 10.6. The van der Waals surface area contributed by atoms with Gasteiger partial charge in [-0.2, -0.15) is 0 Å². The number of amides is 1. The molecule has 0 atom stereocenters. The van der Waals surface area contributed by atoms with Crippen molar-refractivity contribution in [3.05, 3.63) is 40.2 Å². The zero-order valence-electron chi connectivity index (χ0n) is 11.9. The number of nitro groups is 1. The molecule has 1 amide bonds. The molecule has 8 nitrogen and oxygen atoms in total. The molecule has 116 valence electrons. The van der Waals surface area contributed by atoms with Crippen LogP contribution in [-0.4, -0.2) is 31.8 Å². The average molecular weight is 321 g/mol. The van der Waals surface area contributed by atoms with Gasteiger partial charge in [-0.25, -0.2) is 4.98 Å². The van der Waals surface area contributed by atoms with Gasteiger partial charge in [-0.05, 0) is 12.5 Å². The average Bonchev–Trinajstić information content (AvgIpc) is 2.93. The van der Waals surface area contributed by atoms with Gasteiger partial charge in [-0.3, -0.25) is 20.0 Å². The fourth-order valence-corrected chi connectivity index (χ4v) is 2.33. The summed E-state index contributed by atoms with van der Waals surface area (Å²) < 4.78 is 0. The molecular weight excluding hydrogens is 306 g/mol. The molecule has 2 rings (SSSR count). The molecule has 0 aliphatic carbocycles. The van der Waals surface area contributed by atoms with Gasteiger partial charge in [-0.1, -0.05) is 24.8 Å². The van der Waals surface area contributed by atoms with E-state index >= 15 is 0 Å². The minimum absolute atomic E-state index is 0.0661. The molecule has 0 fully saturated rings. The van der Waals surface area contributed by atoms with Gasteiger partial charge in [0.25, 0.3) is 5.69 Å². The summed E-state index contributed by atoms with van der Waals surface area (Å²) in [6, 6.07) is 5.80. The first-order valence-electron chi connectivity index (χ1n) is 6.67. The van der Waals surface area contributed by atoms with Crippen molar-refractivity contribution in [1.29, 1.82) is 0 Å². The Morgan fingerprint density at radius 2 is 2.32 bits per heavy atom. The Hall–Kier alpha value is -2.42. The Labute approximate surface area is 130 Å². The van der Waals surface area contributed by atoms with Crippen molar-refractivity contribution in [3.63, 3.8) is 0 Å². The number of nitrogens with zero attached hydrogens (tertiary/aromatic N) is 3. The van der Waals surface area contributed by atoms with Crippen molar-refractivity contribution in [1.82, 2.24) is 15.2 Å². The number of carbonyl (C=O) groups is 1. The number of hydrogen-bond acceptors (Lipinski definition) is 6. The topological polar surface area (TPSA) is 114 Å². The Balaban J connectivity index is 1.87. The second-order valence-corrected chi connectivity index (χ2v) is 5.40. The minimum atomic E-state index is -0.507. The van der Waals surface area contributed by atoms with E-state index in [4.69, 9.17) is 0 Å². The summed E-state index contributed by atoms with van der Waals surface area (Å²) in [5, 5.41) is 20.6. The van der Waals surface area contributed by atoms with Crippen LogP contribution in [0.5, 0.6) is 0 Å². The zero-order valence-corrected chi connectivity index (χ0v) is 12.7. The molecule has 0 aliphatic rings. The zero-order chi connectivity index (χ0) is 15.9. The van der Waals surface area contributed by atoms with Crippen molar-refractivity contribution < 1.29 is 9.72 Å². The van der Waals surface area contributed by atoms with E-state index in [1.54, 1.807) is 6.07 Å². The van der Waals surface area contributed by atoms with E-state index in [0.717, 1.165) is 18.7 Å². The highest BCUT2D eigenvalue weighted by Gasteiger charge is 2.10. The van der Waals surface area contributed by atoms with Crippen molar-refractivity contribution in [3.8, 4) is 0 Å². The van der Waals surface area contributed by atoms with Gasteiger partial charge < -0.3 is 5.32 Å². The molecule has 9 heteroatoms. The summed E-state index contributed by atoms with van der Waals surface area (Å²) in [4.78, 5) is 26.2. The fourth-order valence-electron chi connectivity index (χ4n) is 1.72. The summed E-state index contributed by atoms with van der Waals surface area (Å²) >= 11 is 1.21. The third-order valence-electron chi connectivity index (χ3n) is 2.67. The summed E-state index contributed by atoms with van der Waals surface area (Å²) in [5.74, 6) is 0.656. The third-order valence-corrected chi connectivity index (χ3v) is 3.52. The number of thioether (sulfide) groups is 1. The number of nitro benzene ring substituents is 1. The van der Waals surface area contributed by atoms with Crippen LogP contribution in [0.25, 0.3) is 0 Å². The second-order valence-electron chi connectivity index (χ2n) is 4.46. The highest BCUT2D eigenvalue weighted by molar-refractivity contribution is 7.99. The first-order valence-corrected chi connectivity index (χ1v) is 7.65. The number of non-ortho nitro benzene ring substituents is 1. The molecule has 0 saturated heterocycles. The van der Waals surface area contributed by atoms with E-state index in [9.17, 15) is 14.9 Å². The van der Waals surface area contributed by atoms with Gasteiger partial charge in [-0.15, -0.1) is 5.10 Å². The van der Waals surface area contributed by atoms with Gasteiger partial charge in [0.15, 0.2) is 0 Å². The van der Waals surface area contributed by atoms with Crippen LogP contribution >= 0.6 is 11.8 Å². The number of aromatic nitrogens is 3. The van der Waals surface area contributed by atoms with E-state index in [-0.39, 0.29) is 17.3 Å². The van der Waals surface area contributed by atoms with Gasteiger partial charge in [0, 0.05) is 24.2 Å². The maximum absolute atomic E-state index is 11.8. The SMILES string of the molecule is CCCc1nc(SCC(=O)Nc2cccc([N+](=O)[O-])c2)n[nH]1. The second kappa shape index (κ2) is 7.55. The maximum atomic E-state index is 11.8. The molecule has 1 aromatic carbocycles. The monoisotopic (exact) mass is 321 g/mol. The first kappa shape index (κ1) is 16.0. The minimum Gasteiger partial charge on any atom is -0.325 e. The number of hydrogen-bond donors (Lipinski definition) is 2. The maximum Gasteiger partial charge on any atom is 0.271 e. The molecule has 0 spiro atoms. The highest BCUT2D eigenvalue weighted by atomic mass is 32.2. The van der Waals surface area contributed by atoms with Crippen molar-refractivity contribution in [2.45, 2.75) is 24.9 Å². The van der Waals surface area contributed by atoms with Crippen LogP contribution in [0.1, 0.15) is 19.2 Å². The smallest absolute Gasteiger partial charge is 0.271 e. The van der Waals surface area contributed by atoms with Crippen LogP contribution in [0, 0.1) is 10.1 Å². The van der Waals surface area contributed by atoms with Gasteiger partial charge >= 0.3 is 0 Å². The highest BCUT2D eigenvalue weighted by Crippen LogP contribution is 2.18. The molecular formula is C13H15N5O3S. The summed E-state index contributed by atoms with van der Waals surface area (Å²) in [7, 11) is 0. The van der Waals surface area contributed by atoms with Crippen molar-refractivity contribution in [2.24, 2.45) is 0 Å². The van der Waals surface area contributed by atoms with Crippen molar-refractivity contribution >= 4 is 29.0 Å². The molecule has 1 aromatic heterocycles. The summed E-state index contributed by atoms with van der Waals surface area (Å²) in [5.41, 5.74) is 0.324. The van der Waals surface area contributed by atoms with Gasteiger partial charge in [0.05, 0.1) is 10.7 Å². The van der Waals surface area contributed by atoms with Crippen LogP contribution in [-0.2, 0) is 11.2 Å². The van der Waals surface area contributed by atoms with Gasteiger partial charge in [0.1, 0.15) is 5.82 Å². The number of aromatic amines is 1. The molecule has 0 radical (unpaired) electrons. The molecule has 0 saturated carbocycles. The van der Waals surface area contributed by atoms with Crippen LogP contribution < -0.4 is 5.32 Å². The normalized spacial score (nSPS) is 10.4. The third kappa shape index (κ3) is 4.55. The standard InChI is InChI=1S/C13H15N5O3S/c1-2-4-11-15-13(17-16-11)22-8-12(19)14-9-5-3-6-10(7-9)18(20)21/h3,5-7H,2,4,8H2,1H3,(H,14,19)(H,15,16,17). The predicted molar refractivity (Wildman–Crippen MR) is 82.8 cm³/mol. The van der Waals surface area contributed by atoms with Gasteiger partial charge in [0.2, 0.25) is 11.1 Å². The van der Waals surface area contributed by atoms with E-state index in [1.165, 1.54) is 30.0 Å². The quantitative estimate of drug-likeness (QED) is 0.460. The Kier molecular flexibility index (Phi) is 5.48. The largest absolute Gasteiger partial charge is 0.325 e. The van der Waals surface area contributed by atoms with Crippen molar-refractivity contribution in [2.75, 3.05) is 11.1 Å². The molecule has 1 heterocycles. The molecule has 0 unspecified atom stereocenters. The summed E-state index contributed by atoms with van der Waals surface area (Å²) in [6.07, 6.45) is 1.78. The lowest BCUT2D eigenvalue weighted by molar-refractivity contribution is -0.384. The van der Waals surface area contributed by atoms with E-state index in [1.807, 2.05) is 6.92 Å². The number of H-pyrrole nitrogens is 1. The van der Waals surface area contributed by atoms with Crippen LogP contribution in [0.15, 0.2) is 29.4 Å².